The van der Waals surface area contributed by atoms with Gasteiger partial charge in [-0.1, -0.05) is 6.07 Å². The molecule has 1 amide bonds. The fourth-order valence-corrected chi connectivity index (χ4v) is 3.21. The van der Waals surface area contributed by atoms with Gasteiger partial charge in [-0.2, -0.15) is 0 Å². The van der Waals surface area contributed by atoms with E-state index in [4.69, 9.17) is 4.74 Å². The van der Waals surface area contributed by atoms with Gasteiger partial charge in [0.15, 0.2) is 18.2 Å². The van der Waals surface area contributed by atoms with Crippen molar-refractivity contribution in [3.05, 3.63) is 69.8 Å². The molecular weight excluding hydrogens is 408 g/mol. The Balaban J connectivity index is 0.00000300. The fraction of sp³-hybridized carbons (Fsp3) is 0.316. The fourth-order valence-electron chi connectivity index (χ4n) is 3.21. The second-order valence-corrected chi connectivity index (χ2v) is 6.49. The second-order valence-electron chi connectivity index (χ2n) is 6.49. The standard InChI is InChI=1S/C19H19F2N3O4.ClH/c20-16-6-1-12(9-17(16)21)15-7-8-22-10-18(15)23-19(25)11-28-14-4-2-13(3-5-14)24(26)27;/h1-6,9,15,18,22H,7-8,10-11H2,(H,23,25);1H. The summed E-state index contributed by atoms with van der Waals surface area (Å²) in [6.07, 6.45) is 0.666. The maximum Gasteiger partial charge on any atom is 0.269 e. The van der Waals surface area contributed by atoms with E-state index in [0.29, 0.717) is 30.8 Å². The van der Waals surface area contributed by atoms with Crippen molar-refractivity contribution in [2.45, 2.75) is 18.4 Å². The molecule has 29 heavy (non-hydrogen) atoms. The van der Waals surface area contributed by atoms with Crippen LogP contribution in [0.2, 0.25) is 0 Å². The van der Waals surface area contributed by atoms with Gasteiger partial charge in [0.2, 0.25) is 0 Å². The molecule has 0 radical (unpaired) electrons. The number of carbonyl (C=O) groups is 1. The van der Waals surface area contributed by atoms with Gasteiger partial charge < -0.3 is 15.4 Å². The number of carbonyl (C=O) groups excluding carboxylic acids is 1. The molecule has 1 aliphatic heterocycles. The molecule has 0 saturated carbocycles. The third-order valence-corrected chi connectivity index (χ3v) is 4.62. The molecule has 2 unspecified atom stereocenters. The van der Waals surface area contributed by atoms with Crippen LogP contribution in [0.3, 0.4) is 0 Å². The largest absolute Gasteiger partial charge is 0.484 e. The zero-order chi connectivity index (χ0) is 20.1. The van der Waals surface area contributed by atoms with Gasteiger partial charge in [0.05, 0.1) is 4.92 Å². The number of rotatable bonds is 6. The number of nitro benzene ring substituents is 1. The molecule has 1 aliphatic rings. The minimum Gasteiger partial charge on any atom is -0.484 e. The molecule has 2 aromatic rings. The Labute approximate surface area is 172 Å². The lowest BCUT2D eigenvalue weighted by atomic mass is 9.86. The van der Waals surface area contributed by atoms with Crippen LogP contribution in [0.15, 0.2) is 42.5 Å². The summed E-state index contributed by atoms with van der Waals surface area (Å²) in [7, 11) is 0. The van der Waals surface area contributed by atoms with Crippen molar-refractivity contribution in [3.8, 4) is 5.75 Å². The van der Waals surface area contributed by atoms with E-state index < -0.39 is 16.6 Å². The van der Waals surface area contributed by atoms with Crippen LogP contribution in [0.4, 0.5) is 14.5 Å². The number of nitro groups is 1. The predicted molar refractivity (Wildman–Crippen MR) is 104 cm³/mol. The maximum atomic E-state index is 13.6. The van der Waals surface area contributed by atoms with Crippen molar-refractivity contribution < 1.29 is 23.2 Å². The van der Waals surface area contributed by atoms with Crippen LogP contribution in [0.1, 0.15) is 17.9 Å². The highest BCUT2D eigenvalue weighted by Crippen LogP contribution is 2.27. The van der Waals surface area contributed by atoms with Crippen molar-refractivity contribution in [1.29, 1.82) is 0 Å². The topological polar surface area (TPSA) is 93.5 Å². The number of hydrogen-bond acceptors (Lipinski definition) is 5. The van der Waals surface area contributed by atoms with Crippen molar-refractivity contribution in [3.63, 3.8) is 0 Å². The summed E-state index contributed by atoms with van der Waals surface area (Å²) in [6.45, 7) is 0.932. The number of non-ortho nitro benzene ring substituents is 1. The molecule has 1 saturated heterocycles. The third kappa shape index (κ3) is 5.85. The molecule has 1 heterocycles. The maximum absolute atomic E-state index is 13.6. The summed E-state index contributed by atoms with van der Waals surface area (Å²) in [5.41, 5.74) is 0.557. The van der Waals surface area contributed by atoms with Crippen LogP contribution in [0.5, 0.6) is 5.75 Å². The summed E-state index contributed by atoms with van der Waals surface area (Å²) < 4.78 is 32.1. The van der Waals surface area contributed by atoms with Gasteiger partial charge in [-0.15, -0.1) is 12.4 Å². The Bertz CT molecular complexity index is 867. The normalized spacial score (nSPS) is 18.4. The summed E-state index contributed by atoms with van der Waals surface area (Å²) in [6, 6.07) is 8.89. The van der Waals surface area contributed by atoms with Crippen molar-refractivity contribution in [2.24, 2.45) is 0 Å². The number of amides is 1. The van der Waals surface area contributed by atoms with Crippen LogP contribution in [-0.2, 0) is 4.79 Å². The molecule has 0 aromatic heterocycles. The van der Waals surface area contributed by atoms with Crippen LogP contribution in [-0.4, -0.2) is 36.6 Å². The van der Waals surface area contributed by atoms with Crippen LogP contribution < -0.4 is 15.4 Å². The van der Waals surface area contributed by atoms with Gasteiger partial charge in [0, 0.05) is 30.6 Å². The van der Waals surface area contributed by atoms with Crippen LogP contribution in [0, 0.1) is 21.7 Å². The Hall–Kier alpha value is -2.78. The number of nitrogens with zero attached hydrogens (tertiary/aromatic N) is 1. The van der Waals surface area contributed by atoms with E-state index >= 15 is 0 Å². The highest BCUT2D eigenvalue weighted by atomic mass is 35.5. The van der Waals surface area contributed by atoms with Crippen molar-refractivity contribution in [1.82, 2.24) is 10.6 Å². The average Bonchev–Trinajstić information content (AvgIpc) is 2.69. The molecule has 3 rings (SSSR count). The first kappa shape index (κ1) is 22.5. The number of hydrogen-bond donors (Lipinski definition) is 2. The van der Waals surface area contributed by atoms with Gasteiger partial charge in [-0.3, -0.25) is 14.9 Å². The quantitative estimate of drug-likeness (QED) is 0.546. The number of piperidine rings is 1. The van der Waals surface area contributed by atoms with Crippen molar-refractivity contribution >= 4 is 24.0 Å². The number of nitrogens with one attached hydrogen (secondary N) is 2. The SMILES string of the molecule is Cl.O=C(COc1ccc([N+](=O)[O-])cc1)NC1CNCCC1c1ccc(F)c(F)c1. The lowest BCUT2D eigenvalue weighted by Crippen LogP contribution is -2.51. The zero-order valence-corrected chi connectivity index (χ0v) is 16.1. The molecular formula is C19H20ClF2N3O4. The third-order valence-electron chi connectivity index (χ3n) is 4.62. The highest BCUT2D eigenvalue weighted by molar-refractivity contribution is 5.85. The lowest BCUT2D eigenvalue weighted by Gasteiger charge is -2.33. The zero-order valence-electron chi connectivity index (χ0n) is 15.3. The Morgan fingerprint density at radius 3 is 2.59 bits per heavy atom. The average molecular weight is 428 g/mol. The van der Waals surface area contributed by atoms with E-state index in [9.17, 15) is 23.7 Å². The van der Waals surface area contributed by atoms with Gasteiger partial charge in [-0.25, -0.2) is 8.78 Å². The first-order valence-corrected chi connectivity index (χ1v) is 8.76. The minimum absolute atomic E-state index is 0. The smallest absolute Gasteiger partial charge is 0.269 e. The summed E-state index contributed by atoms with van der Waals surface area (Å²) in [5.74, 6) is -2.02. The van der Waals surface area contributed by atoms with Gasteiger partial charge in [-0.05, 0) is 42.8 Å². The molecule has 0 aliphatic carbocycles. The van der Waals surface area contributed by atoms with E-state index in [1.54, 1.807) is 0 Å². The van der Waals surface area contributed by atoms with Crippen molar-refractivity contribution in [2.75, 3.05) is 19.7 Å². The first-order valence-electron chi connectivity index (χ1n) is 8.76. The van der Waals surface area contributed by atoms with E-state index in [1.807, 2.05) is 0 Å². The Morgan fingerprint density at radius 2 is 1.93 bits per heavy atom. The van der Waals surface area contributed by atoms with Gasteiger partial charge >= 0.3 is 0 Å². The molecule has 2 aromatic carbocycles. The first-order chi connectivity index (χ1) is 13.4. The molecule has 2 N–H and O–H groups in total. The van der Waals surface area contributed by atoms with E-state index in [2.05, 4.69) is 10.6 Å². The number of halogens is 3. The van der Waals surface area contributed by atoms with Crippen LogP contribution in [0.25, 0.3) is 0 Å². The second kappa shape index (κ2) is 10.1. The summed E-state index contributed by atoms with van der Waals surface area (Å²) in [4.78, 5) is 22.4. The van der Waals surface area contributed by atoms with E-state index in [-0.39, 0.29) is 42.6 Å². The summed E-state index contributed by atoms with van der Waals surface area (Å²) >= 11 is 0. The molecule has 156 valence electrons. The Kier molecular flexibility index (Phi) is 7.86. The minimum atomic E-state index is -0.914. The van der Waals surface area contributed by atoms with Gasteiger partial charge in [0.1, 0.15) is 5.75 Å². The molecule has 7 nitrogen and oxygen atoms in total. The number of benzene rings is 2. The molecule has 0 bridgehead atoms. The number of ether oxygens (including phenoxy) is 1. The lowest BCUT2D eigenvalue weighted by molar-refractivity contribution is -0.384. The predicted octanol–water partition coefficient (Wildman–Crippen LogP) is 2.94. The van der Waals surface area contributed by atoms with Crippen LogP contribution >= 0.6 is 12.4 Å². The molecule has 2 atom stereocenters. The van der Waals surface area contributed by atoms with Gasteiger partial charge in [0.25, 0.3) is 11.6 Å². The van der Waals surface area contributed by atoms with E-state index in [1.165, 1.54) is 30.3 Å². The molecule has 0 spiro atoms. The highest BCUT2D eigenvalue weighted by Gasteiger charge is 2.28. The summed E-state index contributed by atoms with van der Waals surface area (Å²) in [5, 5.41) is 16.7. The molecule has 1 fully saturated rings. The van der Waals surface area contributed by atoms with E-state index in [0.717, 1.165) is 12.1 Å². The molecule has 10 heteroatoms. The Morgan fingerprint density at radius 1 is 1.21 bits per heavy atom. The monoisotopic (exact) mass is 427 g/mol.